The maximum atomic E-state index is 14.6. The number of alkyl halides is 3. The quantitative estimate of drug-likeness (QED) is 0.459. The molecule has 1 saturated carbocycles. The monoisotopic (exact) mass is 586 g/mol. The molecule has 4 atom stereocenters. The molecule has 2 aliphatic carbocycles. The van der Waals surface area contributed by atoms with Gasteiger partial charge >= 0.3 is 0 Å². The van der Waals surface area contributed by atoms with Crippen LogP contribution >= 0.6 is 11.6 Å². The Morgan fingerprint density at radius 1 is 1.17 bits per heavy atom. The van der Waals surface area contributed by atoms with Crippen molar-refractivity contribution >= 4 is 40.8 Å². The van der Waals surface area contributed by atoms with Gasteiger partial charge < -0.3 is 5.32 Å². The standard InChI is InChI=1S/C30H30ClF3N4O3/c1-18-7-5-11-24(35-18)38-22(12-13-25(38)39)28(41)37(21-9-6-8-19(32)15-21)26(29(2)14-4-3-10-23(29)31)27(40)36-20-16-30(33,34)17-20/h3-11,14-15,20,22-23,26H,12-13,16-17H2,1-2H3,(H,36,40)/t22-,23?,26+,29?/m0/s1. The molecule has 0 spiro atoms. The second-order valence-electron chi connectivity index (χ2n) is 11.0. The molecule has 2 aromatic rings. The average Bonchev–Trinajstić information content (AvgIpc) is 3.28. The first-order valence-corrected chi connectivity index (χ1v) is 13.9. The van der Waals surface area contributed by atoms with Crippen molar-refractivity contribution < 1.29 is 27.6 Å². The van der Waals surface area contributed by atoms with Crippen LogP contribution in [0.25, 0.3) is 0 Å². The van der Waals surface area contributed by atoms with Gasteiger partial charge in [0.1, 0.15) is 23.7 Å². The number of pyridine rings is 1. The van der Waals surface area contributed by atoms with Gasteiger partial charge in [-0.3, -0.25) is 24.2 Å². The molecule has 216 valence electrons. The van der Waals surface area contributed by atoms with Crippen molar-refractivity contribution in [2.75, 3.05) is 9.80 Å². The zero-order chi connectivity index (χ0) is 29.5. The Kier molecular flexibility index (Phi) is 7.72. The van der Waals surface area contributed by atoms with E-state index in [-0.39, 0.29) is 30.3 Å². The van der Waals surface area contributed by atoms with Crippen molar-refractivity contribution in [3.05, 3.63) is 78.3 Å². The number of carbonyl (C=O) groups is 3. The molecule has 3 amide bonds. The maximum Gasteiger partial charge on any atom is 0.252 e. The third-order valence-electron chi connectivity index (χ3n) is 7.91. The highest BCUT2D eigenvalue weighted by Gasteiger charge is 2.53. The second kappa shape index (κ2) is 11.0. The number of halogens is 4. The van der Waals surface area contributed by atoms with Gasteiger partial charge in [-0.1, -0.05) is 43.4 Å². The van der Waals surface area contributed by atoms with Crippen molar-refractivity contribution in [3.8, 4) is 0 Å². The lowest BCUT2D eigenvalue weighted by atomic mass is 9.74. The molecular formula is C30H30ClF3N4O3. The lowest BCUT2D eigenvalue weighted by molar-refractivity contribution is -0.134. The normalized spacial score (nSPS) is 26.0. The molecule has 2 fully saturated rings. The summed E-state index contributed by atoms with van der Waals surface area (Å²) >= 11 is 6.76. The van der Waals surface area contributed by atoms with Crippen LogP contribution in [0.4, 0.5) is 24.7 Å². The third kappa shape index (κ3) is 5.62. The molecule has 1 aliphatic heterocycles. The van der Waals surface area contributed by atoms with Gasteiger partial charge in [-0.15, -0.1) is 11.6 Å². The fourth-order valence-corrected chi connectivity index (χ4v) is 6.02. The van der Waals surface area contributed by atoms with Crippen LogP contribution in [0.2, 0.25) is 0 Å². The van der Waals surface area contributed by atoms with Gasteiger partial charge in [0.2, 0.25) is 11.8 Å². The molecule has 7 nitrogen and oxygen atoms in total. The summed E-state index contributed by atoms with van der Waals surface area (Å²) in [5.41, 5.74) is -0.524. The lowest BCUT2D eigenvalue weighted by Crippen LogP contribution is -2.64. The minimum absolute atomic E-state index is 0.0646. The molecule has 3 aliphatic rings. The Morgan fingerprint density at radius 2 is 1.90 bits per heavy atom. The van der Waals surface area contributed by atoms with Crippen molar-refractivity contribution in [2.24, 2.45) is 5.41 Å². The molecule has 0 bridgehead atoms. The van der Waals surface area contributed by atoms with Crippen molar-refractivity contribution in [1.29, 1.82) is 0 Å². The fraction of sp³-hybridized carbons (Fsp3) is 0.400. The summed E-state index contributed by atoms with van der Waals surface area (Å²) in [4.78, 5) is 48.6. The molecule has 1 N–H and O–H groups in total. The molecule has 11 heteroatoms. The number of anilines is 2. The van der Waals surface area contributed by atoms with Crippen LogP contribution in [0.1, 0.15) is 38.3 Å². The predicted molar refractivity (Wildman–Crippen MR) is 149 cm³/mol. The summed E-state index contributed by atoms with van der Waals surface area (Å²) in [6.45, 7) is 3.44. The summed E-state index contributed by atoms with van der Waals surface area (Å²) in [6.07, 6.45) is 5.89. The van der Waals surface area contributed by atoms with Crippen LogP contribution in [-0.4, -0.2) is 52.1 Å². The van der Waals surface area contributed by atoms with Gasteiger partial charge in [-0.2, -0.15) is 0 Å². The van der Waals surface area contributed by atoms with Crippen LogP contribution in [0.5, 0.6) is 0 Å². The number of hydrogen-bond acceptors (Lipinski definition) is 4. The SMILES string of the molecule is Cc1cccc(N2C(=O)CC[C@H]2C(=O)N(c2cccc(F)c2)[C@H](C(=O)NC2CC(F)(F)C2)C2(C)C=CC=CC2Cl)n1. The second-order valence-corrected chi connectivity index (χ2v) is 11.5. The van der Waals surface area contributed by atoms with E-state index >= 15 is 0 Å². The van der Waals surface area contributed by atoms with E-state index in [4.69, 9.17) is 11.6 Å². The Labute approximate surface area is 241 Å². The molecule has 2 heterocycles. The Bertz CT molecular complexity index is 1430. The number of nitrogens with zero attached hydrogens (tertiary/aromatic N) is 3. The Morgan fingerprint density at radius 3 is 2.56 bits per heavy atom. The topological polar surface area (TPSA) is 82.6 Å². The fourth-order valence-electron chi connectivity index (χ4n) is 5.74. The highest BCUT2D eigenvalue weighted by atomic mass is 35.5. The maximum absolute atomic E-state index is 14.6. The Balaban J connectivity index is 1.61. The van der Waals surface area contributed by atoms with E-state index in [1.807, 2.05) is 0 Å². The average molecular weight is 587 g/mol. The number of carbonyl (C=O) groups excluding carboxylic acids is 3. The van der Waals surface area contributed by atoms with Crippen LogP contribution in [0, 0.1) is 18.2 Å². The van der Waals surface area contributed by atoms with Crippen molar-refractivity contribution in [1.82, 2.24) is 10.3 Å². The largest absolute Gasteiger partial charge is 0.351 e. The molecule has 1 aromatic heterocycles. The van der Waals surface area contributed by atoms with Crippen LogP contribution in [-0.2, 0) is 14.4 Å². The first-order chi connectivity index (χ1) is 19.4. The number of aryl methyl sites for hydroxylation is 1. The first kappa shape index (κ1) is 28.9. The smallest absolute Gasteiger partial charge is 0.252 e. The van der Waals surface area contributed by atoms with E-state index in [9.17, 15) is 27.6 Å². The number of nitrogens with one attached hydrogen (secondary N) is 1. The number of amides is 3. The zero-order valence-electron chi connectivity index (χ0n) is 22.6. The summed E-state index contributed by atoms with van der Waals surface area (Å²) in [5.74, 6) is -4.92. The highest BCUT2D eigenvalue weighted by Crippen LogP contribution is 2.42. The van der Waals surface area contributed by atoms with Crippen LogP contribution < -0.4 is 15.1 Å². The Hall–Kier alpha value is -3.66. The van der Waals surface area contributed by atoms with E-state index in [2.05, 4.69) is 10.3 Å². The molecule has 5 rings (SSSR count). The number of rotatable bonds is 7. The molecule has 2 unspecified atom stereocenters. The van der Waals surface area contributed by atoms with E-state index in [0.29, 0.717) is 5.69 Å². The number of benzene rings is 1. The zero-order valence-corrected chi connectivity index (χ0v) is 23.3. The van der Waals surface area contributed by atoms with E-state index in [1.54, 1.807) is 56.4 Å². The number of aromatic nitrogens is 1. The number of allylic oxidation sites excluding steroid dienone is 3. The third-order valence-corrected chi connectivity index (χ3v) is 8.53. The van der Waals surface area contributed by atoms with Crippen molar-refractivity contribution in [3.63, 3.8) is 0 Å². The molecule has 0 radical (unpaired) electrons. The summed E-state index contributed by atoms with van der Waals surface area (Å²) in [5, 5.41) is 1.89. The number of hydrogen-bond donors (Lipinski definition) is 1. The lowest BCUT2D eigenvalue weighted by Gasteiger charge is -2.46. The van der Waals surface area contributed by atoms with Crippen LogP contribution in [0.3, 0.4) is 0 Å². The molecule has 1 saturated heterocycles. The van der Waals surface area contributed by atoms with Gasteiger partial charge in [0.15, 0.2) is 0 Å². The highest BCUT2D eigenvalue weighted by molar-refractivity contribution is 6.23. The molecule has 41 heavy (non-hydrogen) atoms. The van der Waals surface area contributed by atoms with Gasteiger partial charge in [0.25, 0.3) is 11.8 Å². The van der Waals surface area contributed by atoms with Gasteiger partial charge in [0, 0.05) is 42.1 Å². The minimum atomic E-state index is -2.89. The minimum Gasteiger partial charge on any atom is -0.351 e. The van der Waals surface area contributed by atoms with E-state index in [0.717, 1.165) is 6.07 Å². The predicted octanol–water partition coefficient (Wildman–Crippen LogP) is 5.08. The van der Waals surface area contributed by atoms with Crippen molar-refractivity contribution in [2.45, 2.75) is 69.0 Å². The van der Waals surface area contributed by atoms with E-state index < -0.39 is 65.3 Å². The van der Waals surface area contributed by atoms with E-state index in [1.165, 1.54) is 28.0 Å². The molecule has 1 aromatic carbocycles. The van der Waals surface area contributed by atoms with Gasteiger partial charge in [-0.05, 0) is 43.7 Å². The van der Waals surface area contributed by atoms with Crippen LogP contribution in [0.15, 0.2) is 66.8 Å². The molecular weight excluding hydrogens is 557 g/mol. The summed E-state index contributed by atoms with van der Waals surface area (Å²) in [7, 11) is 0. The summed E-state index contributed by atoms with van der Waals surface area (Å²) < 4.78 is 41.9. The summed E-state index contributed by atoms with van der Waals surface area (Å²) in [6, 6.07) is 7.09. The van der Waals surface area contributed by atoms with Gasteiger partial charge in [0.05, 0.1) is 5.38 Å². The van der Waals surface area contributed by atoms with Gasteiger partial charge in [-0.25, -0.2) is 18.2 Å². The first-order valence-electron chi connectivity index (χ1n) is 13.4.